The van der Waals surface area contributed by atoms with Crippen molar-refractivity contribution in [1.29, 1.82) is 5.41 Å². The lowest BCUT2D eigenvalue weighted by atomic mass is 10.1. The Labute approximate surface area is 159 Å². The molecule has 0 fully saturated rings. The minimum absolute atomic E-state index is 0.145. The van der Waals surface area contributed by atoms with Crippen LogP contribution in [-0.4, -0.2) is 32.8 Å². The monoisotopic (exact) mass is 369 g/mol. The second-order valence-corrected chi connectivity index (χ2v) is 6.79. The van der Waals surface area contributed by atoms with Gasteiger partial charge >= 0.3 is 0 Å². The van der Waals surface area contributed by atoms with E-state index in [4.69, 9.17) is 11.1 Å². The van der Waals surface area contributed by atoms with Crippen LogP contribution in [0.5, 0.6) is 0 Å². The van der Waals surface area contributed by atoms with E-state index in [-0.39, 0.29) is 6.04 Å². The van der Waals surface area contributed by atoms with Gasteiger partial charge in [0.2, 0.25) is 0 Å². The van der Waals surface area contributed by atoms with Crippen LogP contribution in [0, 0.1) is 5.41 Å². The van der Waals surface area contributed by atoms with Gasteiger partial charge in [-0.15, -0.1) is 0 Å². The number of aryl methyl sites for hydroxylation is 1. The number of nitrogens with one attached hydrogen (secondary N) is 3. The molecule has 5 N–H and O–H groups in total. The Balaban J connectivity index is 2.57. The molecule has 144 valence electrons. The number of allylic oxidation sites excluding steroid dienone is 2. The molecule has 2 aromatic heterocycles. The third-order valence-corrected chi connectivity index (χ3v) is 3.87. The van der Waals surface area contributed by atoms with E-state index < -0.39 is 0 Å². The maximum Gasteiger partial charge on any atom is 0.153 e. The summed E-state index contributed by atoms with van der Waals surface area (Å²) in [5, 5.41) is 19.0. The number of pyridine rings is 1. The predicted octanol–water partition coefficient (Wildman–Crippen LogP) is 2.52. The molecule has 0 unspecified atom stereocenters. The number of carbonyl (C=O) groups is 1. The SMILES string of the molecule is CC(=N)c1nc(C(C=O)=C(C)N)cc(NCc2cnn(C)c2)c1NC(C)C. The number of nitrogens with two attached hydrogens (primary N) is 1. The summed E-state index contributed by atoms with van der Waals surface area (Å²) in [7, 11) is 1.86. The maximum atomic E-state index is 11.5. The summed E-state index contributed by atoms with van der Waals surface area (Å²) in [6.07, 6.45) is 4.41. The average Bonchev–Trinajstić information content (AvgIpc) is 2.99. The topological polar surface area (TPSA) is 122 Å². The number of carbonyl (C=O) groups excluding carboxylic acids is 1. The van der Waals surface area contributed by atoms with Crippen LogP contribution in [-0.2, 0) is 18.4 Å². The Kier molecular flexibility index (Phi) is 6.33. The van der Waals surface area contributed by atoms with Crippen LogP contribution >= 0.6 is 0 Å². The van der Waals surface area contributed by atoms with Crippen LogP contribution < -0.4 is 16.4 Å². The first-order chi connectivity index (χ1) is 12.7. The molecular formula is C19H27N7O. The Morgan fingerprint density at radius 1 is 1.41 bits per heavy atom. The van der Waals surface area contributed by atoms with Crippen molar-refractivity contribution >= 4 is 28.9 Å². The fourth-order valence-electron chi connectivity index (χ4n) is 2.64. The molecular weight excluding hydrogens is 342 g/mol. The van der Waals surface area contributed by atoms with Crippen molar-refractivity contribution in [3.05, 3.63) is 41.1 Å². The van der Waals surface area contributed by atoms with Gasteiger partial charge in [-0.3, -0.25) is 9.48 Å². The summed E-state index contributed by atoms with van der Waals surface area (Å²) in [6, 6.07) is 1.93. The Bertz CT molecular complexity index is 876. The maximum absolute atomic E-state index is 11.5. The summed E-state index contributed by atoms with van der Waals surface area (Å²) < 4.78 is 1.74. The van der Waals surface area contributed by atoms with E-state index in [2.05, 4.69) is 20.7 Å². The van der Waals surface area contributed by atoms with Gasteiger partial charge in [0.25, 0.3) is 0 Å². The summed E-state index contributed by atoms with van der Waals surface area (Å²) in [5.41, 5.74) is 10.3. The molecule has 0 aliphatic rings. The van der Waals surface area contributed by atoms with Gasteiger partial charge in [0, 0.05) is 37.1 Å². The number of aromatic nitrogens is 3. The number of hydrogen-bond donors (Lipinski definition) is 4. The minimum atomic E-state index is 0.145. The number of rotatable bonds is 8. The van der Waals surface area contributed by atoms with Crippen LogP contribution in [0.25, 0.3) is 5.57 Å². The molecule has 2 rings (SSSR count). The van der Waals surface area contributed by atoms with Gasteiger partial charge in [0.15, 0.2) is 6.29 Å². The van der Waals surface area contributed by atoms with Gasteiger partial charge in [-0.1, -0.05) is 0 Å². The number of aldehydes is 1. The van der Waals surface area contributed by atoms with Crippen LogP contribution in [0.15, 0.2) is 24.2 Å². The van der Waals surface area contributed by atoms with E-state index >= 15 is 0 Å². The van der Waals surface area contributed by atoms with Gasteiger partial charge in [-0.25, -0.2) is 4.98 Å². The number of anilines is 2. The lowest BCUT2D eigenvalue weighted by Crippen LogP contribution is -2.18. The molecule has 0 saturated heterocycles. The van der Waals surface area contributed by atoms with Crippen LogP contribution in [0.3, 0.4) is 0 Å². The quantitative estimate of drug-likeness (QED) is 0.322. The molecule has 0 saturated carbocycles. The zero-order chi connectivity index (χ0) is 20.1. The Hall–Kier alpha value is -3.16. The fraction of sp³-hybridized carbons (Fsp3) is 0.368. The Morgan fingerprint density at radius 2 is 2.11 bits per heavy atom. The van der Waals surface area contributed by atoms with Crippen molar-refractivity contribution in [3.8, 4) is 0 Å². The second kappa shape index (κ2) is 8.48. The van der Waals surface area contributed by atoms with Crippen molar-refractivity contribution in [2.24, 2.45) is 12.8 Å². The summed E-state index contributed by atoms with van der Waals surface area (Å²) in [4.78, 5) is 16.0. The molecule has 0 bridgehead atoms. The largest absolute Gasteiger partial charge is 0.402 e. The second-order valence-electron chi connectivity index (χ2n) is 6.79. The molecule has 8 heteroatoms. The van der Waals surface area contributed by atoms with Crippen LogP contribution in [0.2, 0.25) is 0 Å². The first-order valence-corrected chi connectivity index (χ1v) is 8.73. The lowest BCUT2D eigenvalue weighted by molar-refractivity contribution is -0.103. The number of hydrogen-bond acceptors (Lipinski definition) is 7. The molecule has 27 heavy (non-hydrogen) atoms. The van der Waals surface area contributed by atoms with Crippen molar-refractivity contribution in [2.75, 3.05) is 10.6 Å². The Morgan fingerprint density at radius 3 is 2.59 bits per heavy atom. The van der Waals surface area contributed by atoms with E-state index in [9.17, 15) is 4.79 Å². The van der Waals surface area contributed by atoms with Gasteiger partial charge in [-0.2, -0.15) is 5.10 Å². The van der Waals surface area contributed by atoms with Gasteiger partial charge < -0.3 is 21.8 Å². The van der Waals surface area contributed by atoms with Gasteiger partial charge in [-0.05, 0) is 33.8 Å². The highest BCUT2D eigenvalue weighted by Crippen LogP contribution is 2.30. The van der Waals surface area contributed by atoms with E-state index in [1.807, 2.05) is 27.1 Å². The summed E-state index contributed by atoms with van der Waals surface area (Å²) in [5.74, 6) is 0. The summed E-state index contributed by atoms with van der Waals surface area (Å²) >= 11 is 0. The van der Waals surface area contributed by atoms with Crippen molar-refractivity contribution in [2.45, 2.75) is 40.3 Å². The first-order valence-electron chi connectivity index (χ1n) is 8.73. The summed E-state index contributed by atoms with van der Waals surface area (Å²) in [6.45, 7) is 7.90. The van der Waals surface area contributed by atoms with E-state index in [1.54, 1.807) is 30.8 Å². The number of nitrogens with zero attached hydrogens (tertiary/aromatic N) is 3. The highest BCUT2D eigenvalue weighted by molar-refractivity contribution is 6.09. The zero-order valence-corrected chi connectivity index (χ0v) is 16.4. The lowest BCUT2D eigenvalue weighted by Gasteiger charge is -2.20. The van der Waals surface area contributed by atoms with Crippen LogP contribution in [0.4, 0.5) is 11.4 Å². The molecule has 0 aromatic carbocycles. The minimum Gasteiger partial charge on any atom is -0.402 e. The van der Waals surface area contributed by atoms with E-state index in [0.717, 1.165) is 16.9 Å². The highest BCUT2D eigenvalue weighted by Gasteiger charge is 2.18. The molecule has 0 atom stereocenters. The predicted molar refractivity (Wildman–Crippen MR) is 109 cm³/mol. The molecule has 2 aromatic rings. The average molecular weight is 369 g/mol. The van der Waals surface area contributed by atoms with Crippen LogP contribution in [0.1, 0.15) is 44.6 Å². The standard InChI is InChI=1S/C19H27N7O/c1-11(2)24-19-17(22-7-14-8-23-26(5)9-14)6-16(15(10-27)12(3)20)25-18(19)13(4)21/h6,8-11,21,24H,7,20H2,1-5H3,(H,22,25). The van der Waals surface area contributed by atoms with Crippen molar-refractivity contribution in [1.82, 2.24) is 14.8 Å². The smallest absolute Gasteiger partial charge is 0.153 e. The molecule has 0 aliphatic carbocycles. The van der Waals surface area contributed by atoms with Gasteiger partial charge in [0.05, 0.1) is 34.6 Å². The molecule has 0 aliphatic heterocycles. The van der Waals surface area contributed by atoms with Crippen molar-refractivity contribution in [3.63, 3.8) is 0 Å². The van der Waals surface area contributed by atoms with E-state index in [0.29, 0.717) is 41.2 Å². The molecule has 8 nitrogen and oxygen atoms in total. The zero-order valence-electron chi connectivity index (χ0n) is 16.4. The van der Waals surface area contributed by atoms with Crippen molar-refractivity contribution < 1.29 is 4.79 Å². The molecule has 0 amide bonds. The molecule has 2 heterocycles. The third-order valence-electron chi connectivity index (χ3n) is 3.87. The first kappa shape index (κ1) is 20.2. The van der Waals surface area contributed by atoms with E-state index in [1.165, 1.54) is 0 Å². The van der Waals surface area contributed by atoms with Gasteiger partial charge in [0.1, 0.15) is 5.69 Å². The molecule has 0 radical (unpaired) electrons. The fourth-order valence-corrected chi connectivity index (χ4v) is 2.64. The normalized spacial score (nSPS) is 11.9. The highest BCUT2D eigenvalue weighted by atomic mass is 16.1. The molecule has 0 spiro atoms. The third kappa shape index (κ3) is 4.93.